The van der Waals surface area contributed by atoms with Gasteiger partial charge in [-0.1, -0.05) is 13.0 Å². The molecule has 2 atom stereocenters. The summed E-state index contributed by atoms with van der Waals surface area (Å²) in [4.78, 5) is 7.16. The van der Waals surface area contributed by atoms with E-state index in [2.05, 4.69) is 54.2 Å². The average Bonchev–Trinajstić information content (AvgIpc) is 2.29. The number of aromatic nitrogens is 1. The van der Waals surface area contributed by atoms with Gasteiger partial charge in [0.2, 0.25) is 0 Å². The van der Waals surface area contributed by atoms with Crippen LogP contribution in [0.1, 0.15) is 31.7 Å². The standard InChI is InChI=1S/C14H23N3/c1-4-14-8-15-12(3)9-17(14)10-13-7-5-6-11(2)16-13/h5-7,12,14-15H,4,8-10H2,1-3H3. The molecule has 1 aliphatic heterocycles. The summed E-state index contributed by atoms with van der Waals surface area (Å²) in [5, 5.41) is 3.55. The third kappa shape index (κ3) is 3.27. The molecule has 3 nitrogen and oxygen atoms in total. The van der Waals surface area contributed by atoms with Crippen molar-refractivity contribution in [3.63, 3.8) is 0 Å². The molecule has 0 radical (unpaired) electrons. The predicted molar refractivity (Wildman–Crippen MR) is 70.9 cm³/mol. The van der Waals surface area contributed by atoms with Crippen molar-refractivity contribution in [2.45, 2.75) is 45.8 Å². The largest absolute Gasteiger partial charge is 0.311 e. The van der Waals surface area contributed by atoms with Gasteiger partial charge in [-0.2, -0.15) is 0 Å². The van der Waals surface area contributed by atoms with Crippen molar-refractivity contribution >= 4 is 0 Å². The Hall–Kier alpha value is -0.930. The van der Waals surface area contributed by atoms with E-state index >= 15 is 0 Å². The summed E-state index contributed by atoms with van der Waals surface area (Å²) in [5.41, 5.74) is 2.30. The number of aryl methyl sites for hydroxylation is 1. The molecule has 0 spiro atoms. The highest BCUT2D eigenvalue weighted by Gasteiger charge is 2.24. The van der Waals surface area contributed by atoms with Gasteiger partial charge < -0.3 is 5.32 Å². The van der Waals surface area contributed by atoms with Crippen LogP contribution in [-0.2, 0) is 6.54 Å². The van der Waals surface area contributed by atoms with Crippen LogP contribution >= 0.6 is 0 Å². The Bertz CT molecular complexity index is 364. The quantitative estimate of drug-likeness (QED) is 0.865. The van der Waals surface area contributed by atoms with E-state index in [-0.39, 0.29) is 0 Å². The molecule has 0 bridgehead atoms. The summed E-state index contributed by atoms with van der Waals surface area (Å²) in [6.45, 7) is 9.77. The average molecular weight is 233 g/mol. The maximum absolute atomic E-state index is 4.60. The fourth-order valence-electron chi connectivity index (χ4n) is 2.52. The zero-order valence-electron chi connectivity index (χ0n) is 11.1. The minimum absolute atomic E-state index is 0.586. The highest BCUT2D eigenvalue weighted by Crippen LogP contribution is 2.13. The summed E-state index contributed by atoms with van der Waals surface area (Å²) >= 11 is 0. The fourth-order valence-corrected chi connectivity index (χ4v) is 2.52. The lowest BCUT2D eigenvalue weighted by molar-refractivity contribution is 0.122. The Kier molecular flexibility index (Phi) is 4.13. The molecule has 1 aromatic heterocycles. The molecule has 3 heteroatoms. The van der Waals surface area contributed by atoms with Gasteiger partial charge in [-0.3, -0.25) is 9.88 Å². The number of nitrogens with one attached hydrogen (secondary N) is 1. The molecule has 0 aromatic carbocycles. The first kappa shape index (κ1) is 12.5. The van der Waals surface area contributed by atoms with E-state index in [0.717, 1.165) is 25.3 Å². The lowest BCUT2D eigenvalue weighted by Gasteiger charge is -2.38. The van der Waals surface area contributed by atoms with Crippen molar-refractivity contribution in [1.29, 1.82) is 0 Å². The molecular formula is C14H23N3. The molecule has 0 saturated carbocycles. The van der Waals surface area contributed by atoms with E-state index in [1.807, 2.05) is 0 Å². The Morgan fingerprint density at radius 3 is 3.00 bits per heavy atom. The molecule has 2 unspecified atom stereocenters. The zero-order valence-corrected chi connectivity index (χ0v) is 11.1. The highest BCUT2D eigenvalue weighted by molar-refractivity contribution is 5.10. The van der Waals surface area contributed by atoms with E-state index in [0.29, 0.717) is 12.1 Å². The number of nitrogens with zero attached hydrogens (tertiary/aromatic N) is 2. The van der Waals surface area contributed by atoms with E-state index in [9.17, 15) is 0 Å². The summed E-state index contributed by atoms with van der Waals surface area (Å²) in [5.74, 6) is 0. The lowest BCUT2D eigenvalue weighted by Crippen LogP contribution is -2.54. The number of hydrogen-bond donors (Lipinski definition) is 1. The lowest BCUT2D eigenvalue weighted by atomic mass is 10.1. The van der Waals surface area contributed by atoms with Crippen LogP contribution in [0.2, 0.25) is 0 Å². The summed E-state index contributed by atoms with van der Waals surface area (Å²) in [6.07, 6.45) is 1.20. The first-order valence-corrected chi connectivity index (χ1v) is 6.59. The molecule has 2 heterocycles. The summed E-state index contributed by atoms with van der Waals surface area (Å²) < 4.78 is 0. The van der Waals surface area contributed by atoms with Crippen molar-refractivity contribution in [3.8, 4) is 0 Å². The first-order chi connectivity index (χ1) is 8.19. The van der Waals surface area contributed by atoms with Crippen molar-refractivity contribution in [2.24, 2.45) is 0 Å². The molecule has 1 aliphatic rings. The summed E-state index contributed by atoms with van der Waals surface area (Å²) in [7, 11) is 0. The summed E-state index contributed by atoms with van der Waals surface area (Å²) in [6, 6.07) is 7.52. The topological polar surface area (TPSA) is 28.2 Å². The van der Waals surface area contributed by atoms with Crippen molar-refractivity contribution in [1.82, 2.24) is 15.2 Å². The smallest absolute Gasteiger partial charge is 0.0547 e. The van der Waals surface area contributed by atoms with E-state index in [1.54, 1.807) is 0 Å². The van der Waals surface area contributed by atoms with E-state index in [4.69, 9.17) is 0 Å². The van der Waals surface area contributed by atoms with Gasteiger partial charge in [0.15, 0.2) is 0 Å². The molecule has 2 rings (SSSR count). The SMILES string of the molecule is CCC1CNC(C)CN1Cc1cccc(C)n1. The predicted octanol–water partition coefficient (Wildman–Crippen LogP) is 1.96. The van der Waals surface area contributed by atoms with Gasteiger partial charge in [0.25, 0.3) is 0 Å². The fraction of sp³-hybridized carbons (Fsp3) is 0.643. The van der Waals surface area contributed by atoms with E-state index < -0.39 is 0 Å². The van der Waals surface area contributed by atoms with Crippen molar-refractivity contribution < 1.29 is 0 Å². The van der Waals surface area contributed by atoms with Crippen LogP contribution in [0, 0.1) is 6.92 Å². The second kappa shape index (κ2) is 5.61. The second-order valence-corrected chi connectivity index (χ2v) is 5.07. The molecule has 1 N–H and O–H groups in total. The maximum atomic E-state index is 4.60. The molecule has 0 aliphatic carbocycles. The van der Waals surface area contributed by atoms with Crippen LogP contribution in [0.4, 0.5) is 0 Å². The third-order valence-electron chi connectivity index (χ3n) is 3.51. The Balaban J connectivity index is 2.04. The molecular weight excluding hydrogens is 210 g/mol. The molecule has 94 valence electrons. The van der Waals surface area contributed by atoms with Gasteiger partial charge in [0.05, 0.1) is 5.69 Å². The second-order valence-electron chi connectivity index (χ2n) is 5.07. The third-order valence-corrected chi connectivity index (χ3v) is 3.51. The number of hydrogen-bond acceptors (Lipinski definition) is 3. The molecule has 17 heavy (non-hydrogen) atoms. The van der Waals surface area contributed by atoms with Gasteiger partial charge in [-0.25, -0.2) is 0 Å². The van der Waals surface area contributed by atoms with Gasteiger partial charge >= 0.3 is 0 Å². The Labute approximate surface area is 104 Å². The first-order valence-electron chi connectivity index (χ1n) is 6.59. The Morgan fingerprint density at radius 1 is 1.47 bits per heavy atom. The zero-order chi connectivity index (χ0) is 12.3. The van der Waals surface area contributed by atoms with Crippen LogP contribution in [0.25, 0.3) is 0 Å². The van der Waals surface area contributed by atoms with Gasteiger partial charge in [0, 0.05) is 37.4 Å². The number of piperazine rings is 1. The van der Waals surface area contributed by atoms with Crippen molar-refractivity contribution in [3.05, 3.63) is 29.6 Å². The maximum Gasteiger partial charge on any atom is 0.0547 e. The highest BCUT2D eigenvalue weighted by atomic mass is 15.2. The normalized spacial score (nSPS) is 26.1. The molecule has 1 fully saturated rings. The minimum atomic E-state index is 0.586. The van der Waals surface area contributed by atoms with Crippen LogP contribution in [0.3, 0.4) is 0 Å². The molecule has 1 saturated heterocycles. The van der Waals surface area contributed by atoms with Crippen LogP contribution < -0.4 is 5.32 Å². The van der Waals surface area contributed by atoms with Crippen LogP contribution in [0.5, 0.6) is 0 Å². The van der Waals surface area contributed by atoms with Gasteiger partial charge in [0.1, 0.15) is 0 Å². The minimum Gasteiger partial charge on any atom is -0.311 e. The van der Waals surface area contributed by atoms with Crippen LogP contribution in [0.15, 0.2) is 18.2 Å². The van der Waals surface area contributed by atoms with E-state index in [1.165, 1.54) is 12.1 Å². The monoisotopic (exact) mass is 233 g/mol. The molecule has 0 amide bonds. The van der Waals surface area contributed by atoms with Gasteiger partial charge in [-0.15, -0.1) is 0 Å². The number of pyridine rings is 1. The molecule has 1 aromatic rings. The number of rotatable bonds is 3. The van der Waals surface area contributed by atoms with Gasteiger partial charge in [-0.05, 0) is 32.4 Å². The Morgan fingerprint density at radius 2 is 2.29 bits per heavy atom. The van der Waals surface area contributed by atoms with Crippen LogP contribution in [-0.4, -0.2) is 35.1 Å². The van der Waals surface area contributed by atoms with Crippen molar-refractivity contribution in [2.75, 3.05) is 13.1 Å².